The maximum absolute atomic E-state index is 10.7. The minimum Gasteiger partial charge on any atom is -0.741 e. The maximum atomic E-state index is 10.7. The van der Waals surface area contributed by atoms with Gasteiger partial charge in [-0.3, -0.25) is 0 Å². The molecular formula is C13H23F3O3S2. The van der Waals surface area contributed by atoms with Gasteiger partial charge >= 0.3 is 5.51 Å². The third-order valence-electron chi connectivity index (χ3n) is 2.14. The van der Waals surface area contributed by atoms with Crippen LogP contribution in [0, 0.1) is 0 Å². The van der Waals surface area contributed by atoms with Crippen molar-refractivity contribution in [1.29, 1.82) is 0 Å². The van der Waals surface area contributed by atoms with E-state index in [-0.39, 0.29) is 0 Å². The summed E-state index contributed by atoms with van der Waals surface area (Å²) in [6.07, 6.45) is 11.7. The molecule has 126 valence electrons. The second kappa shape index (κ2) is 10.3. The normalized spacial score (nSPS) is 12.8. The average molecular weight is 348 g/mol. The molecule has 0 aromatic rings. The molecule has 0 aliphatic rings. The molecular weight excluding hydrogens is 325 g/mol. The van der Waals surface area contributed by atoms with E-state index in [0.717, 1.165) is 0 Å². The standard InChI is InChI=1S/C12H23S.CHF3O3S/c1-11(2)7-6-8-12(3)9-10-13(4)5;2-1(3,4)8(5,6)7/h7,9H,6,8,10H2,1-5H3;(H,5,6,7)/q+1;/p-1/b12-9-;. The summed E-state index contributed by atoms with van der Waals surface area (Å²) in [7, 11) is -5.53. The predicted octanol–water partition coefficient (Wildman–Crippen LogP) is 3.61. The molecule has 0 aliphatic carbocycles. The molecule has 8 heteroatoms. The first-order valence-corrected chi connectivity index (χ1v) is 9.74. The molecule has 0 aromatic carbocycles. The minimum absolute atomic E-state index is 0.558. The Morgan fingerprint density at radius 1 is 1.14 bits per heavy atom. The third kappa shape index (κ3) is 15.7. The third-order valence-corrected chi connectivity index (χ3v) is 3.54. The number of hydrogen-bond acceptors (Lipinski definition) is 3. The lowest BCUT2D eigenvalue weighted by Crippen LogP contribution is -2.21. The summed E-state index contributed by atoms with van der Waals surface area (Å²) >= 11 is 0. The predicted molar refractivity (Wildman–Crippen MR) is 82.3 cm³/mol. The SMILES string of the molecule is CC(C)=CCC/C(C)=C\C[S+](C)C.O=S(=O)([O-])C(F)(F)F. The minimum atomic E-state index is -6.09. The Morgan fingerprint density at radius 2 is 1.57 bits per heavy atom. The van der Waals surface area contributed by atoms with Crippen LogP contribution >= 0.6 is 0 Å². The number of halogens is 3. The quantitative estimate of drug-likeness (QED) is 0.330. The van der Waals surface area contributed by atoms with Crippen LogP contribution in [0.2, 0.25) is 0 Å². The van der Waals surface area contributed by atoms with Gasteiger partial charge in [0, 0.05) is 0 Å². The van der Waals surface area contributed by atoms with Gasteiger partial charge in [0.1, 0.15) is 5.75 Å². The highest BCUT2D eigenvalue weighted by molar-refractivity contribution is 7.95. The average Bonchev–Trinajstić information content (AvgIpc) is 2.23. The molecule has 0 saturated heterocycles. The fourth-order valence-electron chi connectivity index (χ4n) is 1.000. The van der Waals surface area contributed by atoms with Crippen LogP contribution in [0.4, 0.5) is 13.2 Å². The summed E-state index contributed by atoms with van der Waals surface area (Å²) in [5.74, 6) is 1.25. The van der Waals surface area contributed by atoms with Crippen molar-refractivity contribution in [3.05, 3.63) is 23.3 Å². The van der Waals surface area contributed by atoms with E-state index >= 15 is 0 Å². The second-order valence-corrected chi connectivity index (χ2v) is 8.60. The Bertz CT molecular complexity index is 446. The van der Waals surface area contributed by atoms with E-state index in [2.05, 4.69) is 45.4 Å². The van der Waals surface area contributed by atoms with Crippen molar-refractivity contribution in [2.45, 2.75) is 39.1 Å². The molecule has 3 nitrogen and oxygen atoms in total. The van der Waals surface area contributed by atoms with Crippen LogP contribution in [0.15, 0.2) is 23.3 Å². The Balaban J connectivity index is 0. The first kappa shape index (κ1) is 22.8. The highest BCUT2D eigenvalue weighted by atomic mass is 32.2. The second-order valence-electron chi connectivity index (χ2n) is 4.92. The summed E-state index contributed by atoms with van der Waals surface area (Å²) in [6, 6.07) is 0. The number of allylic oxidation sites excluding steroid dienone is 3. The van der Waals surface area contributed by atoms with Gasteiger partial charge in [0.25, 0.3) is 0 Å². The van der Waals surface area contributed by atoms with Crippen LogP contribution in [-0.2, 0) is 21.0 Å². The summed E-state index contributed by atoms with van der Waals surface area (Å²) in [4.78, 5) is 0. The fourth-order valence-corrected chi connectivity index (χ4v) is 1.62. The van der Waals surface area contributed by atoms with Gasteiger partial charge < -0.3 is 4.55 Å². The zero-order valence-electron chi connectivity index (χ0n) is 13.0. The number of rotatable bonds is 5. The van der Waals surface area contributed by atoms with E-state index in [1.54, 1.807) is 5.57 Å². The van der Waals surface area contributed by atoms with E-state index in [4.69, 9.17) is 13.0 Å². The van der Waals surface area contributed by atoms with Gasteiger partial charge in [-0.25, -0.2) is 8.42 Å². The van der Waals surface area contributed by atoms with Crippen molar-refractivity contribution in [3.8, 4) is 0 Å². The Kier molecular flexibility index (Phi) is 11.2. The first-order valence-electron chi connectivity index (χ1n) is 6.12. The topological polar surface area (TPSA) is 57.2 Å². The van der Waals surface area contributed by atoms with Crippen molar-refractivity contribution < 1.29 is 26.1 Å². The molecule has 0 aromatic heterocycles. The Labute approximate surface area is 128 Å². The van der Waals surface area contributed by atoms with Crippen molar-refractivity contribution in [2.75, 3.05) is 18.3 Å². The van der Waals surface area contributed by atoms with E-state index in [1.165, 1.54) is 24.2 Å². The van der Waals surface area contributed by atoms with Crippen LogP contribution < -0.4 is 0 Å². The van der Waals surface area contributed by atoms with Crippen LogP contribution in [0.1, 0.15) is 33.6 Å². The summed E-state index contributed by atoms with van der Waals surface area (Å²) in [5.41, 5.74) is -2.68. The number of hydrogen-bond donors (Lipinski definition) is 0. The van der Waals surface area contributed by atoms with Crippen molar-refractivity contribution in [2.24, 2.45) is 0 Å². The lowest BCUT2D eigenvalue weighted by Gasteiger charge is -2.08. The Hall–Kier alpha value is -0.470. The van der Waals surface area contributed by atoms with Crippen LogP contribution in [-0.4, -0.2) is 36.7 Å². The van der Waals surface area contributed by atoms with Gasteiger partial charge in [0.15, 0.2) is 10.1 Å². The molecule has 0 aliphatic heterocycles. The van der Waals surface area contributed by atoms with Crippen LogP contribution in [0.25, 0.3) is 0 Å². The summed E-state index contributed by atoms with van der Waals surface area (Å²) in [5, 5.41) is 0. The summed E-state index contributed by atoms with van der Waals surface area (Å²) in [6.45, 7) is 6.56. The van der Waals surface area contributed by atoms with E-state index < -0.39 is 15.6 Å². The highest BCUT2D eigenvalue weighted by Gasteiger charge is 2.36. The van der Waals surface area contributed by atoms with Crippen LogP contribution in [0.3, 0.4) is 0 Å². The van der Waals surface area contributed by atoms with E-state index in [1.807, 2.05) is 0 Å². The molecule has 0 fully saturated rings. The molecule has 21 heavy (non-hydrogen) atoms. The molecule has 0 spiro atoms. The zero-order chi connectivity index (χ0) is 17.3. The van der Waals surface area contributed by atoms with E-state index in [0.29, 0.717) is 10.9 Å². The molecule has 0 bridgehead atoms. The smallest absolute Gasteiger partial charge is 0.485 e. The molecule has 0 saturated carbocycles. The van der Waals surface area contributed by atoms with Gasteiger partial charge in [-0.1, -0.05) is 17.2 Å². The van der Waals surface area contributed by atoms with Gasteiger partial charge in [-0.05, 0) is 50.6 Å². The van der Waals surface area contributed by atoms with Gasteiger partial charge in [-0.15, -0.1) is 0 Å². The monoisotopic (exact) mass is 348 g/mol. The van der Waals surface area contributed by atoms with Gasteiger partial charge in [0.05, 0.1) is 12.5 Å². The molecule has 0 amide bonds. The fraction of sp³-hybridized carbons (Fsp3) is 0.692. The molecule has 0 atom stereocenters. The largest absolute Gasteiger partial charge is 0.741 e. The molecule has 0 N–H and O–H groups in total. The molecule has 0 radical (unpaired) electrons. The van der Waals surface area contributed by atoms with Crippen molar-refractivity contribution >= 4 is 21.0 Å². The highest BCUT2D eigenvalue weighted by Crippen LogP contribution is 2.20. The number of alkyl halides is 3. The van der Waals surface area contributed by atoms with Crippen molar-refractivity contribution in [1.82, 2.24) is 0 Å². The zero-order valence-corrected chi connectivity index (χ0v) is 14.6. The van der Waals surface area contributed by atoms with Crippen molar-refractivity contribution in [3.63, 3.8) is 0 Å². The maximum Gasteiger partial charge on any atom is 0.485 e. The first-order chi connectivity index (χ1) is 9.27. The summed E-state index contributed by atoms with van der Waals surface area (Å²) < 4.78 is 58.9. The lowest BCUT2D eigenvalue weighted by atomic mass is 10.1. The van der Waals surface area contributed by atoms with Crippen LogP contribution in [0.5, 0.6) is 0 Å². The van der Waals surface area contributed by atoms with Gasteiger partial charge in [-0.2, -0.15) is 13.2 Å². The lowest BCUT2D eigenvalue weighted by molar-refractivity contribution is -0.0517. The molecule has 0 heterocycles. The van der Waals surface area contributed by atoms with E-state index in [9.17, 15) is 13.2 Å². The molecule has 0 rings (SSSR count). The molecule has 0 unspecified atom stereocenters. The Morgan fingerprint density at radius 3 is 1.86 bits per heavy atom. The van der Waals surface area contributed by atoms with Gasteiger partial charge in [0.2, 0.25) is 0 Å².